The van der Waals surface area contributed by atoms with Gasteiger partial charge in [0.05, 0.1) is 55.3 Å². The van der Waals surface area contributed by atoms with Crippen LogP contribution in [-0.4, -0.2) is 80.8 Å². The number of β-lactam (4-membered cyclic amide) rings is 1. The number of aromatic nitrogens is 5. The van der Waals surface area contributed by atoms with Crippen LogP contribution in [0.5, 0.6) is 11.6 Å². The molecule has 6 heterocycles. The zero-order valence-electron chi connectivity index (χ0n) is 25.5. The van der Waals surface area contributed by atoms with Gasteiger partial charge in [0.1, 0.15) is 17.6 Å². The summed E-state index contributed by atoms with van der Waals surface area (Å²) in [6, 6.07) is 8.14. The van der Waals surface area contributed by atoms with E-state index in [0.29, 0.717) is 47.3 Å². The van der Waals surface area contributed by atoms with Crippen LogP contribution in [-0.2, 0) is 11.3 Å². The highest BCUT2D eigenvalue weighted by molar-refractivity contribution is 5.85. The second kappa shape index (κ2) is 12.3. The van der Waals surface area contributed by atoms with Gasteiger partial charge in [-0.15, -0.1) is 0 Å². The van der Waals surface area contributed by atoms with Gasteiger partial charge in [0.2, 0.25) is 11.8 Å². The summed E-state index contributed by atoms with van der Waals surface area (Å²) in [4.78, 5) is 30.0. The molecule has 1 N–H and O–H groups in total. The molecule has 4 aromatic heterocycles. The zero-order valence-corrected chi connectivity index (χ0v) is 25.5. The van der Waals surface area contributed by atoms with Gasteiger partial charge in [-0.1, -0.05) is 6.07 Å². The first-order valence-corrected chi connectivity index (χ1v) is 15.6. The number of carbonyl (C=O) groups excluding carboxylic acids is 1. The van der Waals surface area contributed by atoms with Gasteiger partial charge in [0.25, 0.3) is 0 Å². The van der Waals surface area contributed by atoms with Crippen molar-refractivity contribution in [2.45, 2.75) is 50.6 Å². The van der Waals surface area contributed by atoms with Crippen molar-refractivity contribution in [3.8, 4) is 29.0 Å². The maximum atomic E-state index is 11.4. The number of nitrogens with one attached hydrogen (secondary N) is 1. The molecule has 0 atom stereocenters. The number of hydrogen-bond donors (Lipinski definition) is 1. The first-order chi connectivity index (χ1) is 22.0. The highest BCUT2D eigenvalue weighted by atomic mass is 16.5. The fourth-order valence-electron chi connectivity index (χ4n) is 6.84. The number of nitriles is 1. The molecule has 232 valence electrons. The third-order valence-corrected chi connectivity index (χ3v) is 9.49. The highest BCUT2D eigenvalue weighted by Gasteiger charge is 2.44. The van der Waals surface area contributed by atoms with E-state index in [1.54, 1.807) is 24.0 Å². The molecular weight excluding hydrogens is 570 g/mol. The van der Waals surface area contributed by atoms with Crippen molar-refractivity contribution in [2.75, 3.05) is 44.8 Å². The number of methoxy groups -OCH3 is 1. The van der Waals surface area contributed by atoms with Crippen molar-refractivity contribution in [1.29, 1.82) is 5.26 Å². The number of hydrogen-bond acceptors (Lipinski definition) is 10. The molecule has 2 saturated heterocycles. The molecule has 7 rings (SSSR count). The molecule has 0 aromatic carbocycles. The lowest BCUT2D eigenvalue weighted by molar-refractivity contribution is -0.134. The summed E-state index contributed by atoms with van der Waals surface area (Å²) in [7, 11) is 1.62. The van der Waals surface area contributed by atoms with Crippen molar-refractivity contribution in [3.05, 3.63) is 60.3 Å². The standard InChI is InChI=1S/C33H37N9O3/c1-44-31-3-2-24(17-37-31)21-40-9-11-41(12-10-40)29-20-35-28(19-36-29)27-14-26(22-42-32(27)25(16-34)18-38-42)45-13-6-23-4-7-33(8-5-23)15-30(43)39-33/h2-3,14,17-20,22-23H,4-13,15,21H2,1H3,(H,39,43). The van der Waals surface area contributed by atoms with Crippen molar-refractivity contribution in [1.82, 2.24) is 34.8 Å². The first-order valence-electron chi connectivity index (χ1n) is 15.6. The van der Waals surface area contributed by atoms with Crippen LogP contribution in [0.15, 0.2) is 49.2 Å². The molecule has 1 saturated carbocycles. The summed E-state index contributed by atoms with van der Waals surface area (Å²) < 4.78 is 13.1. The number of ether oxygens (including phenoxy) is 2. The Morgan fingerprint density at radius 2 is 1.89 bits per heavy atom. The molecule has 0 radical (unpaired) electrons. The summed E-state index contributed by atoms with van der Waals surface area (Å²) in [5.74, 6) is 2.90. The molecule has 12 nitrogen and oxygen atoms in total. The van der Waals surface area contributed by atoms with Crippen LogP contribution in [0.4, 0.5) is 5.82 Å². The van der Waals surface area contributed by atoms with Crippen molar-refractivity contribution >= 4 is 17.2 Å². The van der Waals surface area contributed by atoms with E-state index >= 15 is 0 Å². The van der Waals surface area contributed by atoms with Crippen LogP contribution >= 0.6 is 0 Å². The molecule has 3 fully saturated rings. The number of pyridine rings is 2. The summed E-state index contributed by atoms with van der Waals surface area (Å²) in [5.41, 5.74) is 3.82. The van der Waals surface area contributed by atoms with Gasteiger partial charge in [-0.3, -0.25) is 14.7 Å². The van der Waals surface area contributed by atoms with Crippen LogP contribution in [0.3, 0.4) is 0 Å². The fourth-order valence-corrected chi connectivity index (χ4v) is 6.84. The van der Waals surface area contributed by atoms with Crippen molar-refractivity contribution in [3.63, 3.8) is 0 Å². The summed E-state index contributed by atoms with van der Waals surface area (Å²) in [6.07, 6.45) is 14.8. The second-order valence-electron chi connectivity index (χ2n) is 12.4. The number of nitrogens with zero attached hydrogens (tertiary/aromatic N) is 8. The van der Waals surface area contributed by atoms with Gasteiger partial charge in [0.15, 0.2) is 0 Å². The van der Waals surface area contributed by atoms with E-state index in [1.807, 2.05) is 30.7 Å². The second-order valence-corrected chi connectivity index (χ2v) is 12.4. The molecule has 2 aliphatic heterocycles. The van der Waals surface area contributed by atoms with Crippen LogP contribution in [0.1, 0.15) is 49.7 Å². The normalized spacial score (nSPS) is 21.7. The SMILES string of the molecule is COc1ccc(CN2CCN(c3cnc(-c4cc(OCCC5CCC6(CC5)CC(=O)N6)cn5ncc(C#N)c45)cn3)CC2)cn1. The average Bonchev–Trinajstić information content (AvgIpc) is 3.49. The van der Waals surface area contributed by atoms with Crippen molar-refractivity contribution in [2.24, 2.45) is 5.92 Å². The Kier molecular flexibility index (Phi) is 7.94. The molecule has 1 amide bonds. The van der Waals surface area contributed by atoms with Gasteiger partial charge >= 0.3 is 0 Å². The zero-order chi connectivity index (χ0) is 30.8. The monoisotopic (exact) mass is 607 g/mol. The number of fused-ring (bicyclic) bond motifs is 1. The van der Waals surface area contributed by atoms with Crippen molar-refractivity contribution < 1.29 is 14.3 Å². The quantitative estimate of drug-likeness (QED) is 0.281. The maximum absolute atomic E-state index is 11.4. The highest BCUT2D eigenvalue weighted by Crippen LogP contribution is 2.40. The first kappa shape index (κ1) is 29.0. The molecule has 4 aromatic rings. The van der Waals surface area contributed by atoms with Gasteiger partial charge in [0, 0.05) is 62.5 Å². The number of carbonyl (C=O) groups is 1. The Morgan fingerprint density at radius 3 is 2.56 bits per heavy atom. The van der Waals surface area contributed by atoms with E-state index in [9.17, 15) is 10.1 Å². The minimum atomic E-state index is 0.0631. The third kappa shape index (κ3) is 6.13. The van der Waals surface area contributed by atoms with Gasteiger partial charge < -0.3 is 19.7 Å². The molecule has 3 aliphatic rings. The Morgan fingerprint density at radius 1 is 1.07 bits per heavy atom. The fraction of sp³-hybridized carbons (Fsp3) is 0.455. The summed E-state index contributed by atoms with van der Waals surface area (Å²) in [6.45, 7) is 4.96. The van der Waals surface area contributed by atoms with Gasteiger partial charge in [-0.2, -0.15) is 10.4 Å². The van der Waals surface area contributed by atoms with Crippen LogP contribution in [0, 0.1) is 17.2 Å². The minimum Gasteiger partial charge on any atom is -0.492 e. The number of rotatable bonds is 9. The average molecular weight is 608 g/mol. The lowest BCUT2D eigenvalue weighted by Gasteiger charge is -2.47. The molecular formula is C33H37N9O3. The molecule has 12 heteroatoms. The van der Waals surface area contributed by atoms with Crippen LogP contribution in [0.2, 0.25) is 0 Å². The molecule has 0 bridgehead atoms. The number of piperazine rings is 1. The molecule has 0 unspecified atom stereocenters. The van der Waals surface area contributed by atoms with E-state index < -0.39 is 0 Å². The number of anilines is 1. The lowest BCUT2D eigenvalue weighted by Crippen LogP contribution is -2.62. The Labute approximate surface area is 262 Å². The van der Waals surface area contributed by atoms with Crippen LogP contribution < -0.4 is 19.7 Å². The summed E-state index contributed by atoms with van der Waals surface area (Å²) in [5, 5.41) is 17.3. The predicted octanol–water partition coefficient (Wildman–Crippen LogP) is 3.61. The lowest BCUT2D eigenvalue weighted by atomic mass is 9.70. The Balaban J connectivity index is 0.990. The smallest absolute Gasteiger partial charge is 0.222 e. The third-order valence-electron chi connectivity index (χ3n) is 9.49. The van der Waals surface area contributed by atoms with E-state index in [4.69, 9.17) is 19.4 Å². The summed E-state index contributed by atoms with van der Waals surface area (Å²) >= 11 is 0. The maximum Gasteiger partial charge on any atom is 0.222 e. The van der Waals surface area contributed by atoms with Gasteiger partial charge in [-0.25, -0.2) is 14.5 Å². The van der Waals surface area contributed by atoms with E-state index in [-0.39, 0.29) is 11.4 Å². The van der Waals surface area contributed by atoms with E-state index in [2.05, 4.69) is 37.3 Å². The Hall–Kier alpha value is -4.76. The van der Waals surface area contributed by atoms with E-state index in [0.717, 1.165) is 81.8 Å². The number of amides is 1. The molecule has 45 heavy (non-hydrogen) atoms. The van der Waals surface area contributed by atoms with Gasteiger partial charge in [-0.05, 0) is 49.7 Å². The topological polar surface area (TPSA) is 134 Å². The Bertz CT molecular complexity index is 1690. The predicted molar refractivity (Wildman–Crippen MR) is 167 cm³/mol. The minimum absolute atomic E-state index is 0.0631. The molecule has 1 aliphatic carbocycles. The largest absolute Gasteiger partial charge is 0.492 e. The van der Waals surface area contributed by atoms with E-state index in [1.165, 1.54) is 0 Å². The van der Waals surface area contributed by atoms with Crippen LogP contribution in [0.25, 0.3) is 16.8 Å². The molecule has 1 spiro atoms.